The Morgan fingerprint density at radius 2 is 2.21 bits per heavy atom. The second-order valence-electron chi connectivity index (χ2n) is 3.97. The van der Waals surface area contributed by atoms with E-state index in [0.717, 1.165) is 17.1 Å². The summed E-state index contributed by atoms with van der Waals surface area (Å²) in [6.45, 7) is 3.69. The van der Waals surface area contributed by atoms with Gasteiger partial charge in [-0.25, -0.2) is 4.98 Å². The van der Waals surface area contributed by atoms with Gasteiger partial charge in [-0.3, -0.25) is 0 Å². The lowest BCUT2D eigenvalue weighted by molar-refractivity contribution is 0.198. The Labute approximate surface area is 84.2 Å². The summed E-state index contributed by atoms with van der Waals surface area (Å²) in [5, 5.41) is 12.8. The Balaban J connectivity index is 2.16. The molecule has 0 unspecified atom stereocenters. The third-order valence-electron chi connectivity index (χ3n) is 2.51. The van der Waals surface area contributed by atoms with Crippen LogP contribution in [0.2, 0.25) is 0 Å². The molecule has 3 heteroatoms. The monoisotopic (exact) mass is 192 g/mol. The fourth-order valence-electron chi connectivity index (χ4n) is 1.53. The number of aromatic nitrogens is 1. The largest absolute Gasteiger partial charge is 0.389 e. The molecule has 1 saturated carbocycles. The Hall–Kier alpha value is -1.09. The van der Waals surface area contributed by atoms with Gasteiger partial charge < -0.3 is 10.4 Å². The minimum atomic E-state index is -0.433. The summed E-state index contributed by atoms with van der Waals surface area (Å²) < 4.78 is 0. The standard InChI is InChI=1S/C11H16N2O/c1-7-10(8(2)14)5-6-11(12-7)13-9-3-4-9/h5-6,8-9,14H,3-4H2,1-2H3,(H,12,13)/t8-/m1/s1. The normalized spacial score (nSPS) is 17.9. The molecular weight excluding hydrogens is 176 g/mol. The minimum Gasteiger partial charge on any atom is -0.389 e. The van der Waals surface area contributed by atoms with Crippen molar-refractivity contribution < 1.29 is 5.11 Å². The average Bonchev–Trinajstić information content (AvgIpc) is 2.87. The van der Waals surface area contributed by atoms with Crippen LogP contribution in [0.15, 0.2) is 12.1 Å². The summed E-state index contributed by atoms with van der Waals surface area (Å²) in [5.41, 5.74) is 1.82. The fourth-order valence-corrected chi connectivity index (χ4v) is 1.53. The number of aliphatic hydroxyl groups excluding tert-OH is 1. The van der Waals surface area contributed by atoms with E-state index in [1.54, 1.807) is 6.92 Å². The van der Waals surface area contributed by atoms with Crippen LogP contribution in [0.5, 0.6) is 0 Å². The van der Waals surface area contributed by atoms with Crippen molar-refractivity contribution in [1.29, 1.82) is 0 Å². The fraction of sp³-hybridized carbons (Fsp3) is 0.545. The molecule has 2 N–H and O–H groups in total. The van der Waals surface area contributed by atoms with E-state index in [1.165, 1.54) is 12.8 Å². The van der Waals surface area contributed by atoms with E-state index >= 15 is 0 Å². The molecule has 1 aliphatic rings. The number of pyridine rings is 1. The number of hydrogen-bond donors (Lipinski definition) is 2. The van der Waals surface area contributed by atoms with Gasteiger partial charge in [0.15, 0.2) is 0 Å². The SMILES string of the molecule is Cc1nc(NC2CC2)ccc1[C@@H](C)O. The van der Waals surface area contributed by atoms with Crippen LogP contribution in [0, 0.1) is 6.92 Å². The quantitative estimate of drug-likeness (QED) is 0.770. The first-order valence-electron chi connectivity index (χ1n) is 5.09. The number of aliphatic hydroxyl groups is 1. The first-order valence-corrected chi connectivity index (χ1v) is 5.09. The molecule has 1 atom stereocenters. The van der Waals surface area contributed by atoms with Crippen molar-refractivity contribution in [1.82, 2.24) is 4.98 Å². The topological polar surface area (TPSA) is 45.2 Å². The molecule has 14 heavy (non-hydrogen) atoms. The van der Waals surface area contributed by atoms with Gasteiger partial charge >= 0.3 is 0 Å². The van der Waals surface area contributed by atoms with Crippen molar-refractivity contribution in [3.05, 3.63) is 23.4 Å². The molecule has 0 bridgehead atoms. The van der Waals surface area contributed by atoms with Crippen molar-refractivity contribution >= 4 is 5.82 Å². The van der Waals surface area contributed by atoms with Crippen LogP contribution in [-0.4, -0.2) is 16.1 Å². The molecule has 0 amide bonds. The average molecular weight is 192 g/mol. The highest BCUT2D eigenvalue weighted by atomic mass is 16.3. The maximum Gasteiger partial charge on any atom is 0.126 e. The Morgan fingerprint density at radius 3 is 2.71 bits per heavy atom. The third-order valence-corrected chi connectivity index (χ3v) is 2.51. The Kier molecular flexibility index (Phi) is 2.42. The van der Waals surface area contributed by atoms with Gasteiger partial charge in [0.2, 0.25) is 0 Å². The molecular formula is C11H16N2O. The first-order chi connectivity index (χ1) is 6.66. The van der Waals surface area contributed by atoms with Gasteiger partial charge in [0.25, 0.3) is 0 Å². The number of nitrogens with zero attached hydrogens (tertiary/aromatic N) is 1. The predicted octanol–water partition coefficient (Wildman–Crippen LogP) is 2.02. The summed E-state index contributed by atoms with van der Waals surface area (Å²) in [5.74, 6) is 0.925. The summed E-state index contributed by atoms with van der Waals surface area (Å²) >= 11 is 0. The van der Waals surface area contributed by atoms with E-state index in [0.29, 0.717) is 6.04 Å². The van der Waals surface area contributed by atoms with E-state index in [2.05, 4.69) is 10.3 Å². The van der Waals surface area contributed by atoms with Gasteiger partial charge in [-0.2, -0.15) is 0 Å². The second kappa shape index (κ2) is 3.58. The highest BCUT2D eigenvalue weighted by Crippen LogP contribution is 2.25. The highest BCUT2D eigenvalue weighted by Gasteiger charge is 2.21. The molecule has 3 nitrogen and oxygen atoms in total. The van der Waals surface area contributed by atoms with Gasteiger partial charge in [-0.1, -0.05) is 6.07 Å². The minimum absolute atomic E-state index is 0.433. The number of hydrogen-bond acceptors (Lipinski definition) is 3. The lowest BCUT2D eigenvalue weighted by Gasteiger charge is -2.10. The third kappa shape index (κ3) is 2.04. The van der Waals surface area contributed by atoms with Gasteiger partial charge in [0, 0.05) is 17.3 Å². The van der Waals surface area contributed by atoms with E-state index in [1.807, 2.05) is 19.1 Å². The van der Waals surface area contributed by atoms with Crippen LogP contribution >= 0.6 is 0 Å². The Bertz CT molecular complexity index is 332. The summed E-state index contributed by atoms with van der Waals surface area (Å²) in [7, 11) is 0. The van der Waals surface area contributed by atoms with E-state index < -0.39 is 6.10 Å². The van der Waals surface area contributed by atoms with Crippen molar-refractivity contribution in [2.45, 2.75) is 38.8 Å². The number of aryl methyl sites for hydroxylation is 1. The first kappa shape index (κ1) is 9.46. The van der Waals surface area contributed by atoms with Crippen LogP contribution in [0.3, 0.4) is 0 Å². The molecule has 1 heterocycles. The van der Waals surface area contributed by atoms with Crippen LogP contribution < -0.4 is 5.32 Å². The van der Waals surface area contributed by atoms with Gasteiger partial charge in [-0.15, -0.1) is 0 Å². The van der Waals surface area contributed by atoms with Crippen molar-refractivity contribution in [3.63, 3.8) is 0 Å². The number of nitrogens with one attached hydrogen (secondary N) is 1. The molecule has 1 aromatic heterocycles. The molecule has 76 valence electrons. The smallest absolute Gasteiger partial charge is 0.126 e. The number of rotatable bonds is 3. The predicted molar refractivity (Wildman–Crippen MR) is 56.3 cm³/mol. The van der Waals surface area contributed by atoms with Crippen LogP contribution in [0.25, 0.3) is 0 Å². The van der Waals surface area contributed by atoms with Crippen LogP contribution in [0.4, 0.5) is 5.82 Å². The molecule has 1 fully saturated rings. The zero-order valence-electron chi connectivity index (χ0n) is 8.62. The van der Waals surface area contributed by atoms with Gasteiger partial charge in [0.1, 0.15) is 5.82 Å². The molecule has 0 aromatic carbocycles. The van der Waals surface area contributed by atoms with Crippen molar-refractivity contribution in [2.24, 2.45) is 0 Å². The number of anilines is 1. The van der Waals surface area contributed by atoms with Gasteiger partial charge in [-0.05, 0) is 32.8 Å². The zero-order valence-corrected chi connectivity index (χ0v) is 8.62. The maximum atomic E-state index is 9.43. The molecule has 0 radical (unpaired) electrons. The maximum absolute atomic E-state index is 9.43. The molecule has 0 saturated heterocycles. The van der Waals surface area contributed by atoms with Crippen molar-refractivity contribution in [2.75, 3.05) is 5.32 Å². The van der Waals surface area contributed by atoms with Crippen LogP contribution in [0.1, 0.15) is 37.1 Å². The lowest BCUT2D eigenvalue weighted by Crippen LogP contribution is -2.05. The van der Waals surface area contributed by atoms with Crippen molar-refractivity contribution in [3.8, 4) is 0 Å². The van der Waals surface area contributed by atoms with E-state index in [4.69, 9.17) is 0 Å². The Morgan fingerprint density at radius 1 is 1.50 bits per heavy atom. The molecule has 1 aliphatic carbocycles. The lowest BCUT2D eigenvalue weighted by atomic mass is 10.1. The highest BCUT2D eigenvalue weighted by molar-refractivity contribution is 5.40. The summed E-state index contributed by atoms with van der Waals surface area (Å²) in [4.78, 5) is 4.40. The molecule has 2 rings (SSSR count). The van der Waals surface area contributed by atoms with E-state index in [-0.39, 0.29) is 0 Å². The zero-order chi connectivity index (χ0) is 10.1. The van der Waals surface area contributed by atoms with Crippen LogP contribution in [-0.2, 0) is 0 Å². The second-order valence-corrected chi connectivity index (χ2v) is 3.97. The summed E-state index contributed by atoms with van der Waals surface area (Å²) in [6, 6.07) is 4.50. The van der Waals surface area contributed by atoms with E-state index in [9.17, 15) is 5.11 Å². The molecule has 0 spiro atoms. The summed E-state index contributed by atoms with van der Waals surface area (Å²) in [6.07, 6.45) is 2.06. The molecule has 1 aromatic rings. The molecule has 0 aliphatic heterocycles. The van der Waals surface area contributed by atoms with Gasteiger partial charge in [0.05, 0.1) is 6.10 Å².